The van der Waals surface area contributed by atoms with Crippen LogP contribution in [0.15, 0.2) is 104 Å². The van der Waals surface area contributed by atoms with Gasteiger partial charge in [0.05, 0.1) is 75.7 Å². The van der Waals surface area contributed by atoms with Crippen molar-refractivity contribution in [1.82, 2.24) is 20.0 Å². The van der Waals surface area contributed by atoms with Crippen molar-refractivity contribution in [1.29, 1.82) is 0 Å². The van der Waals surface area contributed by atoms with Gasteiger partial charge in [0.25, 0.3) is 11.8 Å². The Kier molecular flexibility index (Phi) is 18.8. The number of aliphatic hydroxyl groups is 1. The van der Waals surface area contributed by atoms with Gasteiger partial charge >= 0.3 is 18.3 Å². The van der Waals surface area contributed by atoms with E-state index >= 15 is 0 Å². The van der Waals surface area contributed by atoms with E-state index in [1.807, 2.05) is 44.3 Å². The van der Waals surface area contributed by atoms with Crippen LogP contribution in [0.3, 0.4) is 0 Å². The van der Waals surface area contributed by atoms with E-state index in [1.165, 1.54) is 48.3 Å². The van der Waals surface area contributed by atoms with Crippen molar-refractivity contribution in [2.75, 3.05) is 82.5 Å². The fourth-order valence-electron chi connectivity index (χ4n) is 12.1. The third-order valence-electron chi connectivity index (χ3n) is 17.2. The predicted molar refractivity (Wildman–Crippen MR) is 324 cm³/mol. The normalized spacial score (nSPS) is 20.2. The molecule has 6 atom stereocenters. The Morgan fingerprint density at radius 2 is 1.43 bits per heavy atom. The molecule has 7 amide bonds. The minimum absolute atomic E-state index is 0.00766. The van der Waals surface area contributed by atoms with Gasteiger partial charge in [-0.25, -0.2) is 19.3 Å². The fraction of sp³-hybridized carbons (Fsp3) is 0.431. The molecule has 5 heterocycles. The summed E-state index contributed by atoms with van der Waals surface area (Å²) in [6, 6.07) is 17.4. The van der Waals surface area contributed by atoms with Gasteiger partial charge in [0.15, 0.2) is 29.2 Å². The van der Waals surface area contributed by atoms with Crippen molar-refractivity contribution in [3.8, 4) is 28.7 Å². The second-order valence-corrected chi connectivity index (χ2v) is 22.8. The highest BCUT2D eigenvalue weighted by Gasteiger charge is 2.58. The van der Waals surface area contributed by atoms with Crippen LogP contribution in [0.4, 0.5) is 31.4 Å². The van der Waals surface area contributed by atoms with Crippen LogP contribution in [0, 0.1) is 11.3 Å². The number of hydrogen-bond donors (Lipinski definition) is 3. The van der Waals surface area contributed by atoms with Crippen molar-refractivity contribution in [3.05, 3.63) is 127 Å². The van der Waals surface area contributed by atoms with Crippen molar-refractivity contribution in [2.45, 2.75) is 102 Å². The van der Waals surface area contributed by atoms with Gasteiger partial charge in [-0.05, 0) is 103 Å². The van der Waals surface area contributed by atoms with Crippen LogP contribution >= 0.6 is 0 Å². The van der Waals surface area contributed by atoms with E-state index in [2.05, 4.69) is 23.8 Å². The molecule has 3 N–H and O–H groups in total. The quantitative estimate of drug-likeness (QED) is 0.0378. The molecule has 1 saturated carbocycles. The van der Waals surface area contributed by atoms with Crippen molar-refractivity contribution in [2.24, 2.45) is 11.3 Å². The van der Waals surface area contributed by atoms with E-state index in [1.54, 1.807) is 53.3 Å². The zero-order valence-electron chi connectivity index (χ0n) is 50.2. The number of carbonyl (C=O) groups excluding carboxylic acids is 7. The topological polar surface area (TPSA) is 254 Å². The molecule has 23 heteroatoms. The molecule has 3 fully saturated rings. The molecule has 0 aromatic heterocycles. The smallest absolute Gasteiger partial charge is 0.416 e. The summed E-state index contributed by atoms with van der Waals surface area (Å²) in [4.78, 5) is 104. The van der Waals surface area contributed by atoms with Gasteiger partial charge in [-0.3, -0.25) is 29.0 Å². The number of anilines is 3. The first-order valence-corrected chi connectivity index (χ1v) is 29.6. The lowest BCUT2D eigenvalue weighted by Gasteiger charge is -2.31. The molecule has 3 unspecified atom stereocenters. The Bertz CT molecular complexity index is 3370. The Hall–Kier alpha value is -9.25. The fourth-order valence-corrected chi connectivity index (χ4v) is 12.1. The van der Waals surface area contributed by atoms with E-state index in [-0.39, 0.29) is 115 Å². The van der Waals surface area contributed by atoms with Crippen LogP contribution in [-0.2, 0) is 30.4 Å². The third kappa shape index (κ3) is 12.9. The van der Waals surface area contributed by atoms with E-state index < -0.39 is 60.5 Å². The van der Waals surface area contributed by atoms with Crippen LogP contribution in [0.2, 0.25) is 0 Å². The summed E-state index contributed by atoms with van der Waals surface area (Å²) < 4.78 is 46.1. The van der Waals surface area contributed by atoms with Gasteiger partial charge in [0.1, 0.15) is 37.7 Å². The first kappa shape index (κ1) is 61.8. The van der Waals surface area contributed by atoms with Gasteiger partial charge < -0.3 is 63.4 Å². The number of nitrogens with one attached hydrogen (secondary N) is 2. The first-order chi connectivity index (χ1) is 42.5. The van der Waals surface area contributed by atoms with Gasteiger partial charge in [0.2, 0.25) is 11.8 Å². The number of methoxy groups -OCH3 is 3. The molecule has 466 valence electrons. The van der Waals surface area contributed by atoms with Crippen molar-refractivity contribution < 1.29 is 76.6 Å². The third-order valence-corrected chi connectivity index (χ3v) is 17.2. The molecule has 0 bridgehead atoms. The highest BCUT2D eigenvalue weighted by atomic mass is 16.6. The zero-order valence-corrected chi connectivity index (χ0v) is 50.2. The maximum absolute atomic E-state index is 14.5. The highest BCUT2D eigenvalue weighted by molar-refractivity contribution is 6.08. The molecule has 5 aliphatic heterocycles. The lowest BCUT2D eigenvalue weighted by Crippen LogP contribution is -2.54. The molecule has 1 aliphatic carbocycles. The lowest BCUT2D eigenvalue weighted by molar-refractivity contribution is -0.130. The monoisotopic (exact) mass is 1210 g/mol. The average Bonchev–Trinajstić information content (AvgIpc) is 1.63. The van der Waals surface area contributed by atoms with Crippen LogP contribution < -0.4 is 44.1 Å². The summed E-state index contributed by atoms with van der Waals surface area (Å²) in [6.07, 6.45) is 5.63. The summed E-state index contributed by atoms with van der Waals surface area (Å²) in [6.45, 7) is 11.7. The Morgan fingerprint density at radius 1 is 0.784 bits per heavy atom. The van der Waals surface area contributed by atoms with Crippen LogP contribution in [0.5, 0.6) is 28.7 Å². The maximum Gasteiger partial charge on any atom is 0.416 e. The number of hydrogen-bond acceptors (Lipinski definition) is 16. The van der Waals surface area contributed by atoms with Gasteiger partial charge in [-0.15, -0.1) is 0 Å². The van der Waals surface area contributed by atoms with E-state index in [0.717, 1.165) is 28.9 Å². The summed E-state index contributed by atoms with van der Waals surface area (Å²) in [5.74, 6) is -0.325. The number of likely N-dealkylation sites (tertiary alicyclic amines) is 1. The minimum atomic E-state index is -1.50. The second kappa shape index (κ2) is 26.8. The van der Waals surface area contributed by atoms with E-state index in [9.17, 15) is 38.7 Å². The number of fused-ring (bicyclic) bond motifs is 4. The maximum atomic E-state index is 14.5. The number of ether oxygens (including phenoxy) is 8. The van der Waals surface area contributed by atoms with E-state index in [4.69, 9.17) is 37.9 Å². The number of rotatable bonds is 22. The van der Waals surface area contributed by atoms with Crippen molar-refractivity contribution >= 4 is 64.5 Å². The number of aliphatic hydroxyl groups excluding tert-OH is 1. The van der Waals surface area contributed by atoms with Crippen LogP contribution in [-0.4, -0.2) is 160 Å². The van der Waals surface area contributed by atoms with Gasteiger partial charge in [0, 0.05) is 43.5 Å². The molecule has 88 heavy (non-hydrogen) atoms. The second-order valence-electron chi connectivity index (χ2n) is 22.8. The highest BCUT2D eigenvalue weighted by Crippen LogP contribution is 2.57. The standard InChI is InChI=1S/C65H75N7O16/c1-8-25-86-62(78)68-24-11-13-48(68)57(73)67-56(39(4)10-3)58(74)66-43-18-14-40(15-19-43)37-88-64(80)72-50-33-55(53(83-7)31-47(50)60(76)71-38-65(22-23-65)34-51(71)61(72)77)85-28-12-27-84-54-32-49-46(30-52(54)82-6)59(75)69-35-42(41-16-20-45(81-5)21-17-41)29-44(69)36-70(49)63(79)87-26-9-2/h8-9,14-21,30-33,35,39,44,48,51,56,61,77H,1-2,10-13,22-29,34,36-38H2,3-7H3,(H,66,74)(H,67,73)/t39?,44-,48-,51-,56?,61?/m0/s1. The van der Waals surface area contributed by atoms with Crippen molar-refractivity contribution in [3.63, 3.8) is 0 Å². The SMILES string of the molecule is C=CCOC(=O)N1C[C@@H]2CC(c3ccc(OC)cc3)=CN2C(=O)c2cc(OC)c(OCCCOc3cc4c(cc3OC)C(=O)N3CC5(CC5)C[C@H]3C(O)N4C(=O)OCc3ccc(NC(=O)C(NC(=O)[C@@H]4CCCN4C(=O)OCC=C)C(C)CC)cc3)cc21. The van der Waals surface area contributed by atoms with Gasteiger partial charge in [-0.2, -0.15) is 0 Å². The molecule has 2 saturated heterocycles. The molecule has 6 aliphatic rings. The van der Waals surface area contributed by atoms with Gasteiger partial charge in [-0.1, -0.05) is 69.8 Å². The first-order valence-electron chi connectivity index (χ1n) is 29.6. The number of amides is 7. The summed E-state index contributed by atoms with van der Waals surface area (Å²) in [7, 11) is 4.47. The number of benzene rings is 4. The minimum Gasteiger partial charge on any atom is -0.497 e. The lowest BCUT2D eigenvalue weighted by atomic mass is 9.97. The average molecular weight is 1210 g/mol. The molecule has 4 aromatic carbocycles. The molecular weight excluding hydrogens is 1130 g/mol. The molecule has 10 rings (SSSR count). The zero-order chi connectivity index (χ0) is 62.4. The molecular formula is C65H75N7O16. The summed E-state index contributed by atoms with van der Waals surface area (Å²) in [5, 5.41) is 18.0. The largest absolute Gasteiger partial charge is 0.497 e. The molecule has 1 spiro atoms. The van der Waals surface area contributed by atoms with E-state index in [0.29, 0.717) is 62.2 Å². The number of carbonyl (C=O) groups is 7. The number of nitrogens with zero attached hydrogens (tertiary/aromatic N) is 5. The summed E-state index contributed by atoms with van der Waals surface area (Å²) >= 11 is 0. The Balaban J connectivity index is 0.815. The van der Waals surface area contributed by atoms with Crippen LogP contribution in [0.25, 0.3) is 5.57 Å². The molecule has 0 radical (unpaired) electrons. The molecule has 4 aromatic rings. The molecule has 23 nitrogen and oxygen atoms in total. The summed E-state index contributed by atoms with van der Waals surface area (Å²) in [5.41, 5.74) is 3.28. The Labute approximate surface area is 510 Å². The van der Waals surface area contributed by atoms with Crippen LogP contribution in [0.1, 0.15) is 97.1 Å². The Morgan fingerprint density at radius 3 is 2.06 bits per heavy atom. The predicted octanol–water partition coefficient (Wildman–Crippen LogP) is 8.68.